The third-order valence-electron chi connectivity index (χ3n) is 3.01. The smallest absolute Gasteiger partial charge is 0.326 e. The number of hydrogen-bond donors (Lipinski definition) is 2. The van der Waals surface area contributed by atoms with Gasteiger partial charge in [0.1, 0.15) is 6.04 Å². The Labute approximate surface area is 124 Å². The minimum atomic E-state index is -1.03. The molecule has 0 aromatic heterocycles. The molecule has 0 saturated carbocycles. The van der Waals surface area contributed by atoms with Crippen molar-refractivity contribution in [2.45, 2.75) is 12.5 Å². The third kappa shape index (κ3) is 3.57. The van der Waals surface area contributed by atoms with Crippen molar-refractivity contribution < 1.29 is 14.7 Å². The van der Waals surface area contributed by atoms with Crippen LogP contribution in [0.15, 0.2) is 42.5 Å². The van der Waals surface area contributed by atoms with E-state index in [0.717, 1.165) is 16.3 Å². The lowest BCUT2D eigenvalue weighted by molar-refractivity contribution is -0.141. The first-order valence-electron chi connectivity index (χ1n) is 6.16. The van der Waals surface area contributed by atoms with Crippen molar-refractivity contribution in [3.05, 3.63) is 48.0 Å². The number of aliphatic carboxylic acids is 1. The summed E-state index contributed by atoms with van der Waals surface area (Å²) in [7, 11) is 0. The molecule has 0 aliphatic heterocycles. The fourth-order valence-corrected chi connectivity index (χ4v) is 2.20. The molecule has 0 radical (unpaired) electrons. The van der Waals surface area contributed by atoms with Crippen molar-refractivity contribution >= 4 is 38.6 Å². The van der Waals surface area contributed by atoms with Gasteiger partial charge in [-0.05, 0) is 16.3 Å². The van der Waals surface area contributed by atoms with Gasteiger partial charge in [-0.2, -0.15) is 0 Å². The van der Waals surface area contributed by atoms with Gasteiger partial charge in [0.2, 0.25) is 5.91 Å². The SMILES string of the molecule is O=C(CBr)N[C@@H](Cc1ccc2ccccc2c1)C(=O)O. The first-order valence-corrected chi connectivity index (χ1v) is 7.28. The number of benzene rings is 2. The van der Waals surface area contributed by atoms with Gasteiger partial charge in [0.15, 0.2) is 0 Å². The van der Waals surface area contributed by atoms with Crippen molar-refractivity contribution in [3.63, 3.8) is 0 Å². The molecule has 2 aromatic rings. The average molecular weight is 336 g/mol. The molecule has 104 valence electrons. The highest BCUT2D eigenvalue weighted by Crippen LogP contribution is 2.16. The molecule has 0 unspecified atom stereocenters. The van der Waals surface area contributed by atoms with E-state index in [0.29, 0.717) is 0 Å². The summed E-state index contributed by atoms with van der Waals surface area (Å²) < 4.78 is 0. The first-order chi connectivity index (χ1) is 9.60. The van der Waals surface area contributed by atoms with E-state index in [1.807, 2.05) is 42.5 Å². The fraction of sp³-hybridized carbons (Fsp3) is 0.200. The third-order valence-corrected chi connectivity index (χ3v) is 3.52. The van der Waals surface area contributed by atoms with Crippen LogP contribution in [0, 0.1) is 0 Å². The Bertz CT molecular complexity index is 642. The Hall–Kier alpha value is -1.88. The number of carbonyl (C=O) groups excluding carboxylic acids is 1. The Kier molecular flexibility index (Phi) is 4.74. The van der Waals surface area contributed by atoms with Gasteiger partial charge >= 0.3 is 5.97 Å². The van der Waals surface area contributed by atoms with Crippen LogP contribution in [-0.2, 0) is 16.0 Å². The molecule has 0 spiro atoms. The second-order valence-corrected chi connectivity index (χ2v) is 5.04. The van der Waals surface area contributed by atoms with Gasteiger partial charge < -0.3 is 10.4 Å². The number of hydrogen-bond acceptors (Lipinski definition) is 2. The van der Waals surface area contributed by atoms with Gasteiger partial charge in [0, 0.05) is 6.42 Å². The molecule has 5 heteroatoms. The molecule has 0 aliphatic rings. The van der Waals surface area contributed by atoms with E-state index in [1.54, 1.807) is 0 Å². The van der Waals surface area contributed by atoms with Crippen LogP contribution in [0.3, 0.4) is 0 Å². The van der Waals surface area contributed by atoms with E-state index >= 15 is 0 Å². The maximum absolute atomic E-state index is 11.3. The number of carboxylic acid groups (broad SMARTS) is 1. The minimum absolute atomic E-state index is 0.0918. The molecule has 0 heterocycles. The number of halogens is 1. The molecule has 2 rings (SSSR count). The highest BCUT2D eigenvalue weighted by Gasteiger charge is 2.19. The maximum atomic E-state index is 11.3. The predicted molar refractivity (Wildman–Crippen MR) is 81.0 cm³/mol. The summed E-state index contributed by atoms with van der Waals surface area (Å²) in [6, 6.07) is 12.7. The van der Waals surface area contributed by atoms with E-state index < -0.39 is 12.0 Å². The molecule has 2 N–H and O–H groups in total. The van der Waals surface area contributed by atoms with Crippen LogP contribution in [0.2, 0.25) is 0 Å². The Morgan fingerprint density at radius 3 is 2.50 bits per heavy atom. The number of alkyl halides is 1. The molecule has 0 bridgehead atoms. The number of amides is 1. The zero-order chi connectivity index (χ0) is 14.5. The van der Waals surface area contributed by atoms with Gasteiger partial charge in [-0.1, -0.05) is 58.4 Å². The summed E-state index contributed by atoms with van der Waals surface area (Å²) in [5.41, 5.74) is 0.881. The normalized spacial score (nSPS) is 12.1. The van der Waals surface area contributed by atoms with Gasteiger partial charge in [-0.15, -0.1) is 0 Å². The summed E-state index contributed by atoms with van der Waals surface area (Å²) >= 11 is 3.01. The van der Waals surface area contributed by atoms with Crippen molar-refractivity contribution in [1.82, 2.24) is 5.32 Å². The standard InChI is InChI=1S/C15H14BrNO3/c16-9-14(18)17-13(15(19)20)8-10-5-6-11-3-1-2-4-12(11)7-10/h1-7,13H,8-9H2,(H,17,18)(H,19,20)/t13-/m0/s1. The van der Waals surface area contributed by atoms with Crippen LogP contribution in [0.5, 0.6) is 0 Å². The molecule has 20 heavy (non-hydrogen) atoms. The number of fused-ring (bicyclic) bond motifs is 1. The minimum Gasteiger partial charge on any atom is -0.480 e. The monoisotopic (exact) mass is 335 g/mol. The predicted octanol–water partition coefficient (Wildman–Crippen LogP) is 2.35. The van der Waals surface area contributed by atoms with Crippen LogP contribution in [0.25, 0.3) is 10.8 Å². The lowest BCUT2D eigenvalue weighted by Gasteiger charge is -2.14. The van der Waals surface area contributed by atoms with Crippen LogP contribution < -0.4 is 5.32 Å². The summed E-state index contributed by atoms with van der Waals surface area (Å²) in [6.07, 6.45) is 0.263. The van der Waals surface area contributed by atoms with Crippen molar-refractivity contribution in [3.8, 4) is 0 Å². The van der Waals surface area contributed by atoms with Crippen molar-refractivity contribution in [2.24, 2.45) is 0 Å². The number of rotatable bonds is 5. The molecule has 2 aromatic carbocycles. The average Bonchev–Trinajstić information content (AvgIpc) is 2.46. The highest BCUT2D eigenvalue weighted by atomic mass is 79.9. The lowest BCUT2D eigenvalue weighted by atomic mass is 10.0. The van der Waals surface area contributed by atoms with E-state index in [4.69, 9.17) is 5.11 Å². The van der Waals surface area contributed by atoms with Crippen LogP contribution in [0.1, 0.15) is 5.56 Å². The molecule has 0 aliphatic carbocycles. The lowest BCUT2D eigenvalue weighted by Crippen LogP contribution is -2.42. The van der Waals surface area contributed by atoms with Crippen molar-refractivity contribution in [2.75, 3.05) is 5.33 Å². The highest BCUT2D eigenvalue weighted by molar-refractivity contribution is 9.09. The largest absolute Gasteiger partial charge is 0.480 e. The molecule has 4 nitrogen and oxygen atoms in total. The number of carboxylic acids is 1. The van der Waals surface area contributed by atoms with E-state index in [1.165, 1.54) is 0 Å². The summed E-state index contributed by atoms with van der Waals surface area (Å²) in [5.74, 6) is -1.37. The quantitative estimate of drug-likeness (QED) is 0.824. The number of nitrogens with one attached hydrogen (secondary N) is 1. The second-order valence-electron chi connectivity index (χ2n) is 4.48. The zero-order valence-electron chi connectivity index (χ0n) is 10.7. The van der Waals surface area contributed by atoms with Gasteiger partial charge in [-0.3, -0.25) is 4.79 Å². The fourth-order valence-electron chi connectivity index (χ4n) is 2.03. The molecule has 0 saturated heterocycles. The Morgan fingerprint density at radius 1 is 1.15 bits per heavy atom. The van der Waals surface area contributed by atoms with E-state index in [2.05, 4.69) is 21.2 Å². The van der Waals surface area contributed by atoms with E-state index in [9.17, 15) is 9.59 Å². The molecule has 1 amide bonds. The number of carbonyl (C=O) groups is 2. The van der Waals surface area contributed by atoms with Gasteiger partial charge in [0.25, 0.3) is 0 Å². The molecule has 0 fully saturated rings. The topological polar surface area (TPSA) is 66.4 Å². The van der Waals surface area contributed by atoms with Gasteiger partial charge in [0.05, 0.1) is 5.33 Å². The maximum Gasteiger partial charge on any atom is 0.326 e. The van der Waals surface area contributed by atoms with Crippen LogP contribution in [0.4, 0.5) is 0 Å². The Balaban J connectivity index is 2.19. The second kappa shape index (κ2) is 6.52. The molecular formula is C15H14BrNO3. The van der Waals surface area contributed by atoms with Crippen LogP contribution in [-0.4, -0.2) is 28.4 Å². The Morgan fingerprint density at radius 2 is 1.85 bits per heavy atom. The summed E-state index contributed by atoms with van der Waals surface area (Å²) in [6.45, 7) is 0. The van der Waals surface area contributed by atoms with Crippen LogP contribution >= 0.6 is 15.9 Å². The zero-order valence-corrected chi connectivity index (χ0v) is 12.3. The first kappa shape index (κ1) is 14.5. The summed E-state index contributed by atoms with van der Waals surface area (Å²) in [5, 5.41) is 13.9. The van der Waals surface area contributed by atoms with E-state index in [-0.39, 0.29) is 17.7 Å². The molecular weight excluding hydrogens is 322 g/mol. The van der Waals surface area contributed by atoms with Crippen molar-refractivity contribution in [1.29, 1.82) is 0 Å². The molecule has 1 atom stereocenters. The van der Waals surface area contributed by atoms with Gasteiger partial charge in [-0.25, -0.2) is 4.79 Å². The summed E-state index contributed by atoms with van der Waals surface area (Å²) in [4.78, 5) is 22.5.